The molecule has 0 atom stereocenters. The summed E-state index contributed by atoms with van der Waals surface area (Å²) in [7, 11) is 0. The van der Waals surface area contributed by atoms with Gasteiger partial charge in [-0.15, -0.1) is 0 Å². The molecule has 2 nitrogen and oxygen atoms in total. The van der Waals surface area contributed by atoms with Crippen LogP contribution in [0.2, 0.25) is 0 Å². The van der Waals surface area contributed by atoms with Crippen LogP contribution in [0, 0.1) is 0 Å². The van der Waals surface area contributed by atoms with Crippen molar-refractivity contribution in [3.63, 3.8) is 0 Å². The number of hydrogen-bond donors (Lipinski definition) is 0. The molecule has 0 radical (unpaired) electrons. The third kappa shape index (κ3) is 2.64. The summed E-state index contributed by atoms with van der Waals surface area (Å²) in [6.07, 6.45) is 2.12. The Bertz CT molecular complexity index is 465. The van der Waals surface area contributed by atoms with Crippen molar-refractivity contribution in [2.75, 3.05) is 6.61 Å². The molecule has 0 N–H and O–H groups in total. The van der Waals surface area contributed by atoms with Gasteiger partial charge in [0.2, 0.25) is 0 Å². The molecule has 0 bridgehead atoms. The first-order valence-electron chi connectivity index (χ1n) is 5.74. The lowest BCUT2D eigenvalue weighted by Gasteiger charge is -2.19. The third-order valence-corrected chi connectivity index (χ3v) is 2.55. The van der Waals surface area contributed by atoms with Gasteiger partial charge < -0.3 is 9.30 Å². The summed E-state index contributed by atoms with van der Waals surface area (Å²) in [5.74, 6) is 0. The molecule has 0 aliphatic carbocycles. The average molecular weight is 217 g/mol. The van der Waals surface area contributed by atoms with E-state index in [2.05, 4.69) is 61.9 Å². The van der Waals surface area contributed by atoms with Crippen molar-refractivity contribution in [2.45, 2.75) is 32.9 Å². The Kier molecular flexibility index (Phi) is 3.01. The number of benzene rings is 1. The van der Waals surface area contributed by atoms with Gasteiger partial charge >= 0.3 is 0 Å². The lowest BCUT2D eigenvalue weighted by atomic mass is 10.2. The van der Waals surface area contributed by atoms with Gasteiger partial charge in [0.15, 0.2) is 0 Å². The first-order chi connectivity index (χ1) is 7.56. The monoisotopic (exact) mass is 217 g/mol. The van der Waals surface area contributed by atoms with Gasteiger partial charge in [0.1, 0.15) is 0 Å². The van der Waals surface area contributed by atoms with Crippen molar-refractivity contribution in [3.05, 3.63) is 36.5 Å². The Labute approximate surface area is 96.8 Å². The van der Waals surface area contributed by atoms with Gasteiger partial charge in [-0.1, -0.05) is 18.2 Å². The maximum absolute atomic E-state index is 5.73. The normalized spacial score (nSPS) is 12.2. The Hall–Kier alpha value is -1.28. The van der Waals surface area contributed by atoms with Crippen LogP contribution in [0.15, 0.2) is 36.5 Å². The molecule has 16 heavy (non-hydrogen) atoms. The van der Waals surface area contributed by atoms with E-state index >= 15 is 0 Å². The molecule has 0 aliphatic heterocycles. The third-order valence-electron chi connectivity index (χ3n) is 2.55. The predicted octanol–water partition coefficient (Wildman–Crippen LogP) is 3.46. The van der Waals surface area contributed by atoms with Crippen molar-refractivity contribution in [1.29, 1.82) is 0 Å². The minimum absolute atomic E-state index is 0.0526. The number of hydrogen-bond acceptors (Lipinski definition) is 1. The van der Waals surface area contributed by atoms with E-state index in [0.29, 0.717) is 0 Å². The first kappa shape index (κ1) is 11.2. The van der Waals surface area contributed by atoms with E-state index in [1.165, 1.54) is 10.9 Å². The molecule has 0 aliphatic rings. The van der Waals surface area contributed by atoms with E-state index in [1.54, 1.807) is 0 Å². The molecule has 1 aromatic heterocycles. The van der Waals surface area contributed by atoms with Gasteiger partial charge in [-0.3, -0.25) is 0 Å². The maximum Gasteiger partial charge on any atom is 0.0652 e. The minimum Gasteiger partial charge on any atom is -0.374 e. The highest BCUT2D eigenvalue weighted by molar-refractivity contribution is 5.79. The van der Waals surface area contributed by atoms with Crippen molar-refractivity contribution in [2.24, 2.45) is 0 Å². The second-order valence-corrected chi connectivity index (χ2v) is 5.03. The lowest BCUT2D eigenvalue weighted by molar-refractivity contribution is -0.00644. The summed E-state index contributed by atoms with van der Waals surface area (Å²) < 4.78 is 7.97. The van der Waals surface area contributed by atoms with Crippen LogP contribution >= 0.6 is 0 Å². The molecular formula is C14H19NO. The van der Waals surface area contributed by atoms with E-state index in [9.17, 15) is 0 Å². The summed E-state index contributed by atoms with van der Waals surface area (Å²) in [5, 5.41) is 1.29. The minimum atomic E-state index is -0.0526. The van der Waals surface area contributed by atoms with Crippen molar-refractivity contribution in [1.82, 2.24) is 4.57 Å². The first-order valence-corrected chi connectivity index (χ1v) is 5.74. The molecule has 2 rings (SSSR count). The topological polar surface area (TPSA) is 14.2 Å². The predicted molar refractivity (Wildman–Crippen MR) is 67.6 cm³/mol. The molecule has 0 unspecified atom stereocenters. The van der Waals surface area contributed by atoms with Crippen LogP contribution in [0.5, 0.6) is 0 Å². The number of rotatable bonds is 3. The Morgan fingerprint density at radius 2 is 1.88 bits per heavy atom. The number of ether oxygens (including phenoxy) is 1. The number of para-hydroxylation sites is 1. The van der Waals surface area contributed by atoms with Gasteiger partial charge in [0, 0.05) is 18.3 Å². The Morgan fingerprint density at radius 1 is 1.12 bits per heavy atom. The zero-order valence-corrected chi connectivity index (χ0v) is 10.2. The standard InChI is InChI=1S/C14H19NO/c1-14(2,3)16-11-10-15-9-8-12-6-4-5-7-13(12)15/h4-9H,10-11H2,1-3H3. The summed E-state index contributed by atoms with van der Waals surface area (Å²) in [5.41, 5.74) is 1.23. The highest BCUT2D eigenvalue weighted by Crippen LogP contribution is 2.15. The lowest BCUT2D eigenvalue weighted by Crippen LogP contribution is -2.21. The molecule has 2 heteroatoms. The van der Waals surface area contributed by atoms with Crippen LogP contribution in [0.4, 0.5) is 0 Å². The summed E-state index contributed by atoms with van der Waals surface area (Å²) >= 11 is 0. The molecule has 2 aromatic rings. The fourth-order valence-electron chi connectivity index (χ4n) is 1.79. The van der Waals surface area contributed by atoms with Crippen LogP contribution in [0.25, 0.3) is 10.9 Å². The van der Waals surface area contributed by atoms with Crippen molar-refractivity contribution in [3.8, 4) is 0 Å². The van der Waals surface area contributed by atoms with Gasteiger partial charge in [0.25, 0.3) is 0 Å². The molecule has 0 spiro atoms. The van der Waals surface area contributed by atoms with E-state index in [0.717, 1.165) is 13.2 Å². The van der Waals surface area contributed by atoms with Crippen molar-refractivity contribution >= 4 is 10.9 Å². The fourth-order valence-corrected chi connectivity index (χ4v) is 1.79. The quantitative estimate of drug-likeness (QED) is 0.768. The van der Waals surface area contributed by atoms with Crippen LogP contribution < -0.4 is 0 Å². The van der Waals surface area contributed by atoms with Crippen LogP contribution in [-0.4, -0.2) is 16.8 Å². The number of aromatic nitrogens is 1. The highest BCUT2D eigenvalue weighted by atomic mass is 16.5. The largest absolute Gasteiger partial charge is 0.374 e. The zero-order chi connectivity index (χ0) is 11.6. The van der Waals surface area contributed by atoms with Gasteiger partial charge in [0.05, 0.1) is 12.2 Å². The fraction of sp³-hybridized carbons (Fsp3) is 0.429. The second kappa shape index (κ2) is 4.30. The Balaban J connectivity index is 2.05. The van der Waals surface area contributed by atoms with Crippen LogP contribution in [-0.2, 0) is 11.3 Å². The van der Waals surface area contributed by atoms with E-state index in [1.807, 2.05) is 0 Å². The number of nitrogens with zero attached hydrogens (tertiary/aromatic N) is 1. The highest BCUT2D eigenvalue weighted by Gasteiger charge is 2.09. The molecule has 0 saturated carbocycles. The average Bonchev–Trinajstić information content (AvgIpc) is 2.60. The Morgan fingerprint density at radius 3 is 2.62 bits per heavy atom. The van der Waals surface area contributed by atoms with Gasteiger partial charge in [-0.2, -0.15) is 0 Å². The molecule has 0 saturated heterocycles. The molecule has 0 amide bonds. The molecule has 86 valence electrons. The van der Waals surface area contributed by atoms with E-state index in [-0.39, 0.29) is 5.60 Å². The number of fused-ring (bicyclic) bond motifs is 1. The van der Waals surface area contributed by atoms with E-state index < -0.39 is 0 Å². The second-order valence-electron chi connectivity index (χ2n) is 5.03. The van der Waals surface area contributed by atoms with Gasteiger partial charge in [-0.25, -0.2) is 0 Å². The van der Waals surface area contributed by atoms with Crippen molar-refractivity contribution < 1.29 is 4.74 Å². The van der Waals surface area contributed by atoms with Crippen LogP contribution in [0.1, 0.15) is 20.8 Å². The molecule has 1 heterocycles. The SMILES string of the molecule is CC(C)(C)OCCn1ccc2ccccc21. The smallest absolute Gasteiger partial charge is 0.0652 e. The molecular weight excluding hydrogens is 198 g/mol. The molecule has 0 fully saturated rings. The zero-order valence-electron chi connectivity index (χ0n) is 10.2. The van der Waals surface area contributed by atoms with Gasteiger partial charge in [-0.05, 0) is 38.3 Å². The van der Waals surface area contributed by atoms with E-state index in [4.69, 9.17) is 4.74 Å². The summed E-state index contributed by atoms with van der Waals surface area (Å²) in [6.45, 7) is 7.91. The molecule has 1 aromatic carbocycles. The maximum atomic E-state index is 5.73. The van der Waals surface area contributed by atoms with Crippen LogP contribution in [0.3, 0.4) is 0 Å². The summed E-state index contributed by atoms with van der Waals surface area (Å²) in [6, 6.07) is 10.6. The summed E-state index contributed by atoms with van der Waals surface area (Å²) in [4.78, 5) is 0.